The van der Waals surface area contributed by atoms with Crippen molar-refractivity contribution in [3.63, 3.8) is 0 Å². The molecule has 154 valence electrons. The zero-order valence-electron chi connectivity index (χ0n) is 17.9. The van der Waals surface area contributed by atoms with E-state index in [4.69, 9.17) is 4.74 Å². The molecule has 2 aromatic carbocycles. The van der Waals surface area contributed by atoms with Crippen molar-refractivity contribution in [1.82, 2.24) is 4.98 Å². The number of aromatic amines is 1. The monoisotopic (exact) mass is 391 g/mol. The first kappa shape index (κ1) is 21.3. The van der Waals surface area contributed by atoms with Gasteiger partial charge in [0.2, 0.25) is 0 Å². The number of hydrogen-bond donors (Lipinski definition) is 1. The maximum Gasteiger partial charge on any atom is 0.167 e. The van der Waals surface area contributed by atoms with Gasteiger partial charge in [0.1, 0.15) is 0 Å². The van der Waals surface area contributed by atoms with Crippen LogP contribution in [0.25, 0.3) is 10.9 Å². The number of carbonyl (C=O) groups is 1. The fourth-order valence-electron chi connectivity index (χ4n) is 3.81. The number of nitrogens with one attached hydrogen (secondary N) is 1. The Balaban J connectivity index is 1.61. The third kappa shape index (κ3) is 5.80. The molecule has 0 aliphatic carbocycles. The molecule has 0 radical (unpaired) electrons. The number of ketones is 1. The van der Waals surface area contributed by atoms with Gasteiger partial charge in [-0.25, -0.2) is 0 Å². The Bertz CT molecular complexity index is 908. The van der Waals surface area contributed by atoms with Crippen LogP contribution in [0.4, 0.5) is 0 Å². The van der Waals surface area contributed by atoms with Gasteiger partial charge in [0.05, 0.1) is 12.7 Å². The van der Waals surface area contributed by atoms with Crippen molar-refractivity contribution in [2.45, 2.75) is 59.0 Å². The summed E-state index contributed by atoms with van der Waals surface area (Å²) in [4.78, 5) is 15.9. The van der Waals surface area contributed by atoms with Crippen LogP contribution in [0.15, 0.2) is 54.7 Å². The highest BCUT2D eigenvalue weighted by Crippen LogP contribution is 2.25. The molecule has 3 nitrogen and oxygen atoms in total. The van der Waals surface area contributed by atoms with Crippen LogP contribution >= 0.6 is 0 Å². The van der Waals surface area contributed by atoms with Crippen LogP contribution in [0, 0.1) is 5.92 Å². The molecule has 1 heterocycles. The van der Waals surface area contributed by atoms with Crippen molar-refractivity contribution in [1.29, 1.82) is 0 Å². The molecule has 0 aliphatic rings. The van der Waals surface area contributed by atoms with Crippen LogP contribution in [-0.2, 0) is 11.2 Å². The van der Waals surface area contributed by atoms with Gasteiger partial charge in [-0.15, -0.1) is 0 Å². The van der Waals surface area contributed by atoms with Gasteiger partial charge in [-0.1, -0.05) is 76.1 Å². The van der Waals surface area contributed by atoms with Gasteiger partial charge >= 0.3 is 0 Å². The predicted octanol–water partition coefficient (Wildman–Crippen LogP) is 6.89. The Kier molecular flexibility index (Phi) is 7.65. The van der Waals surface area contributed by atoms with Gasteiger partial charge in [-0.05, 0) is 36.0 Å². The van der Waals surface area contributed by atoms with Crippen molar-refractivity contribution in [3.8, 4) is 0 Å². The summed E-state index contributed by atoms with van der Waals surface area (Å²) >= 11 is 0. The largest absolute Gasteiger partial charge is 0.373 e. The molecule has 0 saturated heterocycles. The van der Waals surface area contributed by atoms with E-state index < -0.39 is 0 Å². The maximum atomic E-state index is 12.7. The van der Waals surface area contributed by atoms with Crippen molar-refractivity contribution in [2.24, 2.45) is 5.92 Å². The lowest BCUT2D eigenvalue weighted by Crippen LogP contribution is -2.10. The van der Waals surface area contributed by atoms with E-state index in [1.165, 1.54) is 11.1 Å². The van der Waals surface area contributed by atoms with Gasteiger partial charge in [0, 0.05) is 29.1 Å². The van der Waals surface area contributed by atoms with Crippen molar-refractivity contribution in [3.05, 3.63) is 71.4 Å². The molecule has 0 aliphatic heterocycles. The molecule has 0 amide bonds. The SMILES string of the molecule is CCCCC(OCCC(=O)c1c[nH]c2ccccc12)c1ccc(CC(C)C)cc1. The highest BCUT2D eigenvalue weighted by Gasteiger charge is 2.15. The summed E-state index contributed by atoms with van der Waals surface area (Å²) in [5, 5.41) is 0.987. The highest BCUT2D eigenvalue weighted by molar-refractivity contribution is 6.07. The summed E-state index contributed by atoms with van der Waals surface area (Å²) in [5.74, 6) is 0.785. The second-order valence-corrected chi connectivity index (χ2v) is 8.26. The van der Waals surface area contributed by atoms with Gasteiger partial charge in [-0.2, -0.15) is 0 Å². The minimum absolute atomic E-state index is 0.0545. The fraction of sp³-hybridized carbons (Fsp3) is 0.423. The third-order valence-corrected chi connectivity index (χ3v) is 5.35. The van der Waals surface area contributed by atoms with Crippen LogP contribution in [0.3, 0.4) is 0 Å². The molecular formula is C26H33NO2. The van der Waals surface area contributed by atoms with Crippen LogP contribution in [0.5, 0.6) is 0 Å². The molecule has 3 aromatic rings. The Morgan fingerprint density at radius 2 is 1.83 bits per heavy atom. The van der Waals surface area contributed by atoms with Crippen LogP contribution in [0.2, 0.25) is 0 Å². The summed E-state index contributed by atoms with van der Waals surface area (Å²) in [6.45, 7) is 7.13. The topological polar surface area (TPSA) is 42.1 Å². The number of H-pyrrole nitrogens is 1. The van der Waals surface area contributed by atoms with E-state index in [0.717, 1.165) is 42.1 Å². The number of aromatic nitrogens is 1. The van der Waals surface area contributed by atoms with Crippen LogP contribution < -0.4 is 0 Å². The molecular weight excluding hydrogens is 358 g/mol. The molecule has 1 aromatic heterocycles. The Morgan fingerprint density at radius 3 is 2.55 bits per heavy atom. The standard InChI is InChI=1S/C26H33NO2/c1-4-5-10-26(21-13-11-20(12-14-21)17-19(2)3)29-16-15-25(28)23-18-27-24-9-7-6-8-22(23)24/h6-9,11-14,18-19,26-27H,4-5,10,15-17H2,1-3H3. The zero-order chi connectivity index (χ0) is 20.6. The van der Waals surface area contributed by atoms with Crippen molar-refractivity contribution >= 4 is 16.7 Å². The molecule has 0 saturated carbocycles. The number of unbranched alkanes of at least 4 members (excludes halogenated alkanes) is 1. The summed E-state index contributed by atoms with van der Waals surface area (Å²) in [6.07, 6.45) is 6.61. The molecule has 3 heteroatoms. The lowest BCUT2D eigenvalue weighted by molar-refractivity contribution is 0.0419. The average Bonchev–Trinajstić information content (AvgIpc) is 3.15. The first-order valence-electron chi connectivity index (χ1n) is 10.9. The number of Topliss-reactive ketones (excluding diaryl/α,β-unsaturated/α-hetero) is 1. The Morgan fingerprint density at radius 1 is 1.07 bits per heavy atom. The van der Waals surface area contributed by atoms with Crippen LogP contribution in [0.1, 0.15) is 74.0 Å². The van der Waals surface area contributed by atoms with Crippen molar-refractivity contribution in [2.75, 3.05) is 6.61 Å². The second kappa shape index (κ2) is 10.4. The van der Waals surface area contributed by atoms with Gasteiger partial charge in [0.15, 0.2) is 5.78 Å². The summed E-state index contributed by atoms with van der Waals surface area (Å²) < 4.78 is 6.20. The number of para-hydroxylation sites is 1. The van der Waals surface area contributed by atoms with E-state index in [2.05, 4.69) is 50.0 Å². The number of rotatable bonds is 11. The summed E-state index contributed by atoms with van der Waals surface area (Å²) in [5.41, 5.74) is 4.34. The van der Waals surface area contributed by atoms with Gasteiger partial charge in [-0.3, -0.25) is 4.79 Å². The quantitative estimate of drug-likeness (QED) is 0.362. The van der Waals surface area contributed by atoms with Gasteiger partial charge < -0.3 is 9.72 Å². The maximum absolute atomic E-state index is 12.7. The Labute approximate surface area is 174 Å². The number of carbonyl (C=O) groups excluding carboxylic acids is 1. The number of benzene rings is 2. The van der Waals surface area contributed by atoms with E-state index in [1.807, 2.05) is 30.5 Å². The average molecular weight is 392 g/mol. The molecule has 1 atom stereocenters. The Hall–Kier alpha value is -2.39. The normalized spacial score (nSPS) is 12.6. The fourth-order valence-corrected chi connectivity index (χ4v) is 3.81. The minimum atomic E-state index is 0.0545. The first-order chi connectivity index (χ1) is 14.1. The molecule has 0 bridgehead atoms. The molecule has 3 rings (SSSR count). The number of hydrogen-bond acceptors (Lipinski definition) is 2. The molecule has 1 unspecified atom stereocenters. The molecule has 0 fully saturated rings. The summed E-state index contributed by atoms with van der Waals surface area (Å²) in [7, 11) is 0. The predicted molar refractivity (Wildman–Crippen MR) is 120 cm³/mol. The van der Waals surface area contributed by atoms with E-state index in [0.29, 0.717) is 18.9 Å². The van der Waals surface area contributed by atoms with E-state index >= 15 is 0 Å². The zero-order valence-corrected chi connectivity index (χ0v) is 17.9. The van der Waals surface area contributed by atoms with E-state index in [-0.39, 0.29) is 11.9 Å². The third-order valence-electron chi connectivity index (χ3n) is 5.35. The number of ether oxygens (including phenoxy) is 1. The van der Waals surface area contributed by atoms with Gasteiger partial charge in [0.25, 0.3) is 0 Å². The number of fused-ring (bicyclic) bond motifs is 1. The summed E-state index contributed by atoms with van der Waals surface area (Å²) in [6, 6.07) is 16.7. The first-order valence-corrected chi connectivity index (χ1v) is 10.9. The lowest BCUT2D eigenvalue weighted by Gasteiger charge is -2.19. The van der Waals surface area contributed by atoms with E-state index in [9.17, 15) is 4.79 Å². The molecule has 1 N–H and O–H groups in total. The van der Waals surface area contributed by atoms with Crippen LogP contribution in [-0.4, -0.2) is 17.4 Å². The minimum Gasteiger partial charge on any atom is -0.373 e. The molecule has 29 heavy (non-hydrogen) atoms. The highest BCUT2D eigenvalue weighted by atomic mass is 16.5. The smallest absolute Gasteiger partial charge is 0.167 e. The van der Waals surface area contributed by atoms with E-state index in [1.54, 1.807) is 0 Å². The molecule has 0 spiro atoms. The second-order valence-electron chi connectivity index (χ2n) is 8.26. The van der Waals surface area contributed by atoms with Crippen molar-refractivity contribution < 1.29 is 9.53 Å². The lowest BCUT2D eigenvalue weighted by atomic mass is 9.98.